The minimum Gasteiger partial charge on any atom is -0.354 e. The largest absolute Gasteiger partial charge is 0.354 e. The lowest BCUT2D eigenvalue weighted by atomic mass is 10.4. The van der Waals surface area contributed by atoms with E-state index in [1.807, 2.05) is 31.2 Å². The molecule has 0 unspecified atom stereocenters. The number of rotatable bonds is 5. The predicted molar refractivity (Wildman–Crippen MR) is 88.2 cm³/mol. The molecule has 1 N–H and O–H groups in total. The highest BCUT2D eigenvalue weighted by atomic mass is 79.9. The van der Waals surface area contributed by atoms with Crippen LogP contribution in [0.15, 0.2) is 40.4 Å². The average molecular weight is 353 g/mol. The lowest BCUT2D eigenvalue weighted by Gasteiger charge is -2.22. The van der Waals surface area contributed by atoms with Gasteiger partial charge in [0.25, 0.3) is 0 Å². The third-order valence-electron chi connectivity index (χ3n) is 3.26. The molecule has 2 aromatic heterocycles. The first-order valence-electron chi connectivity index (χ1n) is 6.78. The third kappa shape index (κ3) is 4.35. The highest BCUT2D eigenvalue weighted by Crippen LogP contribution is 2.14. The first-order valence-corrected chi connectivity index (χ1v) is 7.57. The molecular weight excluding hydrogens is 332 g/mol. The first kappa shape index (κ1) is 15.6. The standard InChI is InChI=1S/C14H21BrN6/c1-16-14(18-5-7-21-6-4-17-11-21)20(3)10-13-8-12(15)9-19(13)2/h4,6,8-9,11H,5,7,10H2,1-3H3,(H,16,18). The van der Waals surface area contributed by atoms with Crippen LogP contribution < -0.4 is 5.32 Å². The van der Waals surface area contributed by atoms with Crippen molar-refractivity contribution >= 4 is 21.9 Å². The molecule has 0 amide bonds. The topological polar surface area (TPSA) is 50.4 Å². The van der Waals surface area contributed by atoms with Gasteiger partial charge in [-0.1, -0.05) is 0 Å². The molecule has 0 fully saturated rings. The van der Waals surface area contributed by atoms with Crippen molar-refractivity contribution in [1.82, 2.24) is 24.3 Å². The molecule has 2 heterocycles. The molecule has 0 saturated carbocycles. The molecular formula is C14H21BrN6. The number of aryl methyl sites for hydroxylation is 1. The molecule has 7 heteroatoms. The maximum atomic E-state index is 4.33. The predicted octanol–water partition coefficient (Wildman–Crippen LogP) is 1.69. The number of aliphatic imine (C=N–C) groups is 1. The summed E-state index contributed by atoms with van der Waals surface area (Å²) in [4.78, 5) is 10.5. The van der Waals surface area contributed by atoms with Crippen LogP contribution in [0.5, 0.6) is 0 Å². The number of hydrogen-bond donors (Lipinski definition) is 1. The molecule has 0 radical (unpaired) electrons. The summed E-state index contributed by atoms with van der Waals surface area (Å²) in [7, 11) is 5.88. The van der Waals surface area contributed by atoms with Crippen LogP contribution in [0.1, 0.15) is 5.69 Å². The van der Waals surface area contributed by atoms with Crippen LogP contribution in [0.4, 0.5) is 0 Å². The van der Waals surface area contributed by atoms with Gasteiger partial charge in [-0.25, -0.2) is 4.98 Å². The molecule has 0 atom stereocenters. The van der Waals surface area contributed by atoms with Gasteiger partial charge in [-0.3, -0.25) is 4.99 Å². The number of nitrogens with zero attached hydrogens (tertiary/aromatic N) is 5. The summed E-state index contributed by atoms with van der Waals surface area (Å²) in [5, 5.41) is 3.36. The normalized spacial score (nSPS) is 11.7. The Morgan fingerprint density at radius 3 is 2.90 bits per heavy atom. The van der Waals surface area contributed by atoms with Gasteiger partial charge in [0.05, 0.1) is 12.9 Å². The number of hydrogen-bond acceptors (Lipinski definition) is 2. The Labute approximate surface area is 133 Å². The SMILES string of the molecule is CN=C(NCCn1ccnc1)N(C)Cc1cc(Br)cn1C. The summed E-state index contributed by atoms with van der Waals surface area (Å²) in [6.45, 7) is 2.47. The van der Waals surface area contributed by atoms with E-state index < -0.39 is 0 Å². The molecule has 0 aromatic carbocycles. The van der Waals surface area contributed by atoms with Gasteiger partial charge in [0.1, 0.15) is 0 Å². The number of nitrogens with one attached hydrogen (secondary N) is 1. The lowest BCUT2D eigenvalue weighted by Crippen LogP contribution is -2.40. The number of guanidine groups is 1. The van der Waals surface area contributed by atoms with Crippen LogP contribution in [-0.4, -0.2) is 45.6 Å². The third-order valence-corrected chi connectivity index (χ3v) is 3.69. The van der Waals surface area contributed by atoms with Crippen LogP contribution in [0.3, 0.4) is 0 Å². The monoisotopic (exact) mass is 352 g/mol. The van der Waals surface area contributed by atoms with Crippen LogP contribution in [0.2, 0.25) is 0 Å². The summed E-state index contributed by atoms with van der Waals surface area (Å²) in [6, 6.07) is 2.12. The second-order valence-electron chi connectivity index (χ2n) is 4.89. The summed E-state index contributed by atoms with van der Waals surface area (Å²) in [5.41, 5.74) is 1.22. The Morgan fingerprint density at radius 2 is 2.33 bits per heavy atom. The fourth-order valence-electron chi connectivity index (χ4n) is 2.14. The van der Waals surface area contributed by atoms with Gasteiger partial charge in [-0.2, -0.15) is 0 Å². The molecule has 114 valence electrons. The van der Waals surface area contributed by atoms with E-state index in [0.29, 0.717) is 0 Å². The van der Waals surface area contributed by atoms with Gasteiger partial charge < -0.3 is 19.4 Å². The van der Waals surface area contributed by atoms with Crippen LogP contribution >= 0.6 is 15.9 Å². The number of imidazole rings is 1. The fourth-order valence-corrected chi connectivity index (χ4v) is 2.71. The summed E-state index contributed by atoms with van der Waals surface area (Å²) in [6.07, 6.45) is 7.61. The van der Waals surface area contributed by atoms with Gasteiger partial charge in [0.15, 0.2) is 5.96 Å². The average Bonchev–Trinajstić information content (AvgIpc) is 3.05. The molecule has 0 saturated heterocycles. The van der Waals surface area contributed by atoms with Crippen molar-refractivity contribution < 1.29 is 0 Å². The van der Waals surface area contributed by atoms with E-state index in [1.165, 1.54) is 5.69 Å². The second-order valence-corrected chi connectivity index (χ2v) is 5.81. The molecule has 6 nitrogen and oxygen atoms in total. The van der Waals surface area contributed by atoms with Crippen LogP contribution in [0.25, 0.3) is 0 Å². The molecule has 0 aliphatic carbocycles. The van der Waals surface area contributed by atoms with Crippen molar-refractivity contribution in [2.24, 2.45) is 12.0 Å². The zero-order valence-electron chi connectivity index (χ0n) is 12.6. The number of halogens is 1. The van der Waals surface area contributed by atoms with E-state index in [4.69, 9.17) is 0 Å². The summed E-state index contributed by atoms with van der Waals surface area (Å²) < 4.78 is 5.24. The van der Waals surface area contributed by atoms with Crippen molar-refractivity contribution in [2.45, 2.75) is 13.1 Å². The molecule has 2 rings (SSSR count). The van der Waals surface area contributed by atoms with Gasteiger partial charge in [-0.05, 0) is 22.0 Å². The van der Waals surface area contributed by atoms with Gasteiger partial charge in [0.2, 0.25) is 0 Å². The molecule has 0 aliphatic rings. The molecule has 0 bridgehead atoms. The van der Waals surface area contributed by atoms with Crippen LogP contribution in [0, 0.1) is 0 Å². The minimum atomic E-state index is 0.798. The minimum absolute atomic E-state index is 0.798. The van der Waals surface area contributed by atoms with Gasteiger partial charge in [0, 0.05) is 63.0 Å². The first-order chi connectivity index (χ1) is 10.1. The Hall–Kier alpha value is -1.76. The Morgan fingerprint density at radius 1 is 1.52 bits per heavy atom. The summed E-state index contributed by atoms with van der Waals surface area (Å²) >= 11 is 3.50. The van der Waals surface area contributed by atoms with Crippen molar-refractivity contribution in [3.63, 3.8) is 0 Å². The summed E-state index contributed by atoms with van der Waals surface area (Å²) in [5.74, 6) is 0.882. The molecule has 0 spiro atoms. The smallest absolute Gasteiger partial charge is 0.193 e. The Balaban J connectivity index is 1.86. The van der Waals surface area contributed by atoms with E-state index in [1.54, 1.807) is 13.2 Å². The van der Waals surface area contributed by atoms with E-state index in [2.05, 4.69) is 53.0 Å². The van der Waals surface area contributed by atoms with Crippen molar-refractivity contribution in [2.75, 3.05) is 20.6 Å². The Kier molecular flexibility index (Phi) is 5.44. The second kappa shape index (κ2) is 7.31. The fraction of sp³-hybridized carbons (Fsp3) is 0.429. The lowest BCUT2D eigenvalue weighted by molar-refractivity contribution is 0.459. The number of aromatic nitrogens is 3. The molecule has 0 aliphatic heterocycles. The zero-order valence-corrected chi connectivity index (χ0v) is 14.2. The van der Waals surface area contributed by atoms with E-state index in [0.717, 1.165) is 30.1 Å². The maximum absolute atomic E-state index is 4.33. The highest BCUT2D eigenvalue weighted by molar-refractivity contribution is 9.10. The van der Waals surface area contributed by atoms with E-state index in [9.17, 15) is 0 Å². The molecule has 2 aromatic rings. The van der Waals surface area contributed by atoms with E-state index >= 15 is 0 Å². The van der Waals surface area contributed by atoms with Crippen molar-refractivity contribution in [3.05, 3.63) is 41.2 Å². The van der Waals surface area contributed by atoms with Crippen LogP contribution in [-0.2, 0) is 20.1 Å². The van der Waals surface area contributed by atoms with Crippen molar-refractivity contribution in [3.8, 4) is 0 Å². The quantitative estimate of drug-likeness (QED) is 0.658. The van der Waals surface area contributed by atoms with E-state index in [-0.39, 0.29) is 0 Å². The Bertz CT molecular complexity index is 587. The maximum Gasteiger partial charge on any atom is 0.193 e. The van der Waals surface area contributed by atoms with Gasteiger partial charge in [-0.15, -0.1) is 0 Å². The van der Waals surface area contributed by atoms with Gasteiger partial charge >= 0.3 is 0 Å². The van der Waals surface area contributed by atoms with Crippen molar-refractivity contribution in [1.29, 1.82) is 0 Å². The molecule has 21 heavy (non-hydrogen) atoms. The zero-order chi connectivity index (χ0) is 15.2. The highest BCUT2D eigenvalue weighted by Gasteiger charge is 2.09.